The maximum Gasteiger partial charge on any atom is 0.410 e. The molecular weight excluding hydrogens is 252 g/mol. The van der Waals surface area contributed by atoms with Gasteiger partial charge in [0.05, 0.1) is 0 Å². The van der Waals surface area contributed by atoms with Crippen LogP contribution in [0, 0.1) is 0 Å². The molecule has 108 valence electrons. The number of nitrogens with zero attached hydrogens (tertiary/aromatic N) is 1. The molecule has 1 aromatic rings. The van der Waals surface area contributed by atoms with Crippen LogP contribution in [0.2, 0.25) is 0 Å². The number of amides is 1. The Morgan fingerprint density at radius 3 is 3.00 bits per heavy atom. The molecule has 4 heteroatoms. The van der Waals surface area contributed by atoms with Crippen LogP contribution in [0.25, 0.3) is 0 Å². The Bertz CT molecular complexity index is 433. The molecule has 1 fully saturated rings. The summed E-state index contributed by atoms with van der Waals surface area (Å²) in [6.45, 7) is 6.19. The summed E-state index contributed by atoms with van der Waals surface area (Å²) in [7, 11) is 0. The summed E-state index contributed by atoms with van der Waals surface area (Å²) in [6, 6.07) is 10.6. The van der Waals surface area contributed by atoms with Crippen LogP contribution in [-0.4, -0.2) is 43.3 Å². The van der Waals surface area contributed by atoms with Gasteiger partial charge >= 0.3 is 6.09 Å². The first-order chi connectivity index (χ1) is 9.79. The zero-order valence-electron chi connectivity index (χ0n) is 11.8. The molecule has 0 radical (unpaired) electrons. The number of benzene rings is 1. The highest BCUT2D eigenvalue weighted by Crippen LogP contribution is 2.09. The van der Waals surface area contributed by atoms with Gasteiger partial charge in [0.25, 0.3) is 0 Å². The van der Waals surface area contributed by atoms with E-state index >= 15 is 0 Å². The average molecular weight is 274 g/mol. The number of hydrogen-bond donors (Lipinski definition) is 1. The summed E-state index contributed by atoms with van der Waals surface area (Å²) in [4.78, 5) is 13.7. The second-order valence-corrected chi connectivity index (χ2v) is 5.01. The van der Waals surface area contributed by atoms with E-state index in [2.05, 4.69) is 24.0 Å². The highest BCUT2D eigenvalue weighted by Gasteiger charge is 2.22. The lowest BCUT2D eigenvalue weighted by molar-refractivity contribution is 0.111. The number of carbonyl (C=O) groups excluding carboxylic acids is 1. The predicted molar refractivity (Wildman–Crippen MR) is 79.7 cm³/mol. The molecule has 0 spiro atoms. The molecule has 0 aromatic heterocycles. The average Bonchev–Trinajstić information content (AvgIpc) is 2.71. The maximum absolute atomic E-state index is 11.9. The number of ether oxygens (including phenoxy) is 1. The van der Waals surface area contributed by atoms with Crippen LogP contribution in [0.15, 0.2) is 43.0 Å². The summed E-state index contributed by atoms with van der Waals surface area (Å²) in [5.41, 5.74) is 1.28. The van der Waals surface area contributed by atoms with Crippen molar-refractivity contribution >= 4 is 6.09 Å². The molecule has 4 nitrogen and oxygen atoms in total. The highest BCUT2D eigenvalue weighted by atomic mass is 16.6. The minimum Gasteiger partial charge on any atom is -0.445 e. The minimum atomic E-state index is -0.244. The zero-order chi connectivity index (χ0) is 14.2. The third kappa shape index (κ3) is 4.38. The predicted octanol–water partition coefficient (Wildman–Crippen LogP) is 2.22. The van der Waals surface area contributed by atoms with Gasteiger partial charge in [-0.25, -0.2) is 4.79 Å². The van der Waals surface area contributed by atoms with E-state index in [0.29, 0.717) is 6.54 Å². The fraction of sp³-hybridized carbons (Fsp3) is 0.438. The summed E-state index contributed by atoms with van der Waals surface area (Å²) < 4.78 is 5.13. The van der Waals surface area contributed by atoms with Crippen molar-refractivity contribution in [1.29, 1.82) is 0 Å². The van der Waals surface area contributed by atoms with Crippen molar-refractivity contribution in [2.24, 2.45) is 0 Å². The molecule has 1 atom stereocenters. The van der Waals surface area contributed by atoms with Crippen LogP contribution in [0.4, 0.5) is 4.79 Å². The lowest BCUT2D eigenvalue weighted by Gasteiger charge is -2.24. The highest BCUT2D eigenvalue weighted by molar-refractivity contribution is 5.67. The van der Waals surface area contributed by atoms with Gasteiger partial charge in [0, 0.05) is 19.1 Å². The molecule has 2 rings (SSSR count). The van der Waals surface area contributed by atoms with E-state index < -0.39 is 0 Å². The molecule has 1 aliphatic rings. The molecule has 1 aromatic carbocycles. The first-order valence-electron chi connectivity index (χ1n) is 7.09. The van der Waals surface area contributed by atoms with Crippen molar-refractivity contribution < 1.29 is 9.53 Å². The van der Waals surface area contributed by atoms with Crippen LogP contribution < -0.4 is 5.32 Å². The van der Waals surface area contributed by atoms with Crippen molar-refractivity contribution in [2.75, 3.05) is 26.2 Å². The second-order valence-electron chi connectivity index (χ2n) is 5.01. The molecular formula is C16H22N2O2. The van der Waals surface area contributed by atoms with Gasteiger partial charge in [0.1, 0.15) is 6.61 Å². The van der Waals surface area contributed by atoms with Gasteiger partial charge in [-0.2, -0.15) is 0 Å². The monoisotopic (exact) mass is 274 g/mol. The van der Waals surface area contributed by atoms with Gasteiger partial charge in [-0.05, 0) is 24.9 Å². The molecule has 1 aliphatic heterocycles. The molecule has 1 unspecified atom stereocenters. The number of rotatable bonds is 4. The first-order valence-corrected chi connectivity index (χ1v) is 7.09. The first kappa shape index (κ1) is 14.6. The van der Waals surface area contributed by atoms with E-state index in [9.17, 15) is 4.79 Å². The smallest absolute Gasteiger partial charge is 0.410 e. The molecule has 0 saturated carbocycles. The summed E-state index contributed by atoms with van der Waals surface area (Å²) in [5, 5.41) is 3.50. The molecule has 20 heavy (non-hydrogen) atoms. The molecule has 1 heterocycles. The topological polar surface area (TPSA) is 41.6 Å². The molecule has 1 N–H and O–H groups in total. The van der Waals surface area contributed by atoms with Crippen molar-refractivity contribution in [3.8, 4) is 0 Å². The van der Waals surface area contributed by atoms with Gasteiger partial charge in [-0.3, -0.25) is 0 Å². The number of nitrogens with one attached hydrogen (secondary N) is 1. The van der Waals surface area contributed by atoms with E-state index in [1.165, 1.54) is 5.56 Å². The third-order valence-electron chi connectivity index (χ3n) is 3.39. The lowest BCUT2D eigenvalue weighted by atomic mass is 10.1. The van der Waals surface area contributed by atoms with Gasteiger partial charge in [-0.15, -0.1) is 0 Å². The van der Waals surface area contributed by atoms with Crippen molar-refractivity contribution in [2.45, 2.75) is 18.9 Å². The molecule has 1 saturated heterocycles. The quantitative estimate of drug-likeness (QED) is 0.856. The standard InChI is InChI=1S/C16H22N2O2/c1-2-11-20-16(19)18-10-6-9-17-15(13-18)12-14-7-4-3-5-8-14/h2-5,7-8,15,17H,1,6,9-13H2. The van der Waals surface area contributed by atoms with Crippen molar-refractivity contribution in [1.82, 2.24) is 10.2 Å². The summed E-state index contributed by atoms with van der Waals surface area (Å²) in [5.74, 6) is 0. The fourth-order valence-electron chi connectivity index (χ4n) is 2.42. The van der Waals surface area contributed by atoms with Crippen LogP contribution in [0.5, 0.6) is 0 Å². The van der Waals surface area contributed by atoms with Crippen LogP contribution in [0.1, 0.15) is 12.0 Å². The Morgan fingerprint density at radius 2 is 2.25 bits per heavy atom. The van der Waals surface area contributed by atoms with E-state index in [4.69, 9.17) is 4.74 Å². The van der Waals surface area contributed by atoms with Crippen molar-refractivity contribution in [3.05, 3.63) is 48.6 Å². The number of hydrogen-bond acceptors (Lipinski definition) is 3. The largest absolute Gasteiger partial charge is 0.445 e. The van der Waals surface area contributed by atoms with E-state index in [-0.39, 0.29) is 18.7 Å². The Kier molecular flexibility index (Phi) is 5.62. The molecule has 0 aliphatic carbocycles. The van der Waals surface area contributed by atoms with E-state index in [1.54, 1.807) is 11.0 Å². The van der Waals surface area contributed by atoms with Gasteiger partial charge < -0.3 is 15.0 Å². The van der Waals surface area contributed by atoms with Crippen molar-refractivity contribution in [3.63, 3.8) is 0 Å². The Labute approximate surface area is 120 Å². The lowest BCUT2D eigenvalue weighted by Crippen LogP contribution is -2.42. The van der Waals surface area contributed by atoms with Gasteiger partial charge in [-0.1, -0.05) is 43.0 Å². The fourth-order valence-corrected chi connectivity index (χ4v) is 2.42. The number of carbonyl (C=O) groups is 1. The Morgan fingerprint density at radius 1 is 1.45 bits per heavy atom. The third-order valence-corrected chi connectivity index (χ3v) is 3.39. The maximum atomic E-state index is 11.9. The molecule has 1 amide bonds. The SMILES string of the molecule is C=CCOC(=O)N1CCCNC(Cc2ccccc2)C1. The molecule has 0 bridgehead atoms. The van der Waals surface area contributed by atoms with Gasteiger partial charge in [0.15, 0.2) is 0 Å². The van der Waals surface area contributed by atoms with E-state index in [1.807, 2.05) is 18.2 Å². The van der Waals surface area contributed by atoms with Gasteiger partial charge in [0.2, 0.25) is 0 Å². The summed E-state index contributed by atoms with van der Waals surface area (Å²) >= 11 is 0. The summed E-state index contributed by atoms with van der Waals surface area (Å²) in [6.07, 6.45) is 3.22. The van der Waals surface area contributed by atoms with Crippen LogP contribution in [0.3, 0.4) is 0 Å². The zero-order valence-corrected chi connectivity index (χ0v) is 11.8. The Balaban J connectivity index is 1.92. The van der Waals surface area contributed by atoms with E-state index in [0.717, 1.165) is 25.9 Å². The minimum absolute atomic E-state index is 0.244. The second kappa shape index (κ2) is 7.70. The van der Waals surface area contributed by atoms with Crippen LogP contribution >= 0.6 is 0 Å². The Hall–Kier alpha value is -1.81. The normalized spacial score (nSPS) is 19.2. The van der Waals surface area contributed by atoms with Crippen LogP contribution in [-0.2, 0) is 11.2 Å².